The summed E-state index contributed by atoms with van der Waals surface area (Å²) in [5, 5.41) is 23.7. The van der Waals surface area contributed by atoms with Crippen LogP contribution in [0.3, 0.4) is 0 Å². The molecule has 28 heavy (non-hydrogen) atoms. The molecule has 3 N–H and O–H groups in total. The molecule has 0 unspecified atom stereocenters. The summed E-state index contributed by atoms with van der Waals surface area (Å²) in [6.07, 6.45) is 0.661. The van der Waals surface area contributed by atoms with Crippen molar-refractivity contribution in [2.24, 2.45) is 11.7 Å². The van der Waals surface area contributed by atoms with Gasteiger partial charge in [-0.3, -0.25) is 39.9 Å². The molecule has 1 atom stereocenters. The molecule has 11 nitrogen and oxygen atoms in total. The van der Waals surface area contributed by atoms with Gasteiger partial charge in [-0.05, 0) is 18.8 Å². The van der Waals surface area contributed by atoms with Gasteiger partial charge in [0.2, 0.25) is 5.91 Å². The van der Waals surface area contributed by atoms with E-state index in [1.807, 2.05) is 19.2 Å². The Kier molecular flexibility index (Phi) is 8.32. The molecular weight excluding hydrogens is 372 g/mol. The number of nitrogens with zero attached hydrogens (tertiary/aromatic N) is 2. The molecule has 2 amide bonds. The number of nitro groups is 2. The maximum atomic E-state index is 12.1. The average Bonchev–Trinajstić information content (AvgIpc) is 2.60. The van der Waals surface area contributed by atoms with Crippen molar-refractivity contribution < 1.29 is 24.2 Å². The highest BCUT2D eigenvalue weighted by Gasteiger charge is 2.21. The van der Waals surface area contributed by atoms with Crippen molar-refractivity contribution in [1.82, 2.24) is 5.32 Å². The van der Waals surface area contributed by atoms with E-state index in [0.717, 1.165) is 12.1 Å². The summed E-state index contributed by atoms with van der Waals surface area (Å²) in [5.74, 6) is -1.62. The molecule has 0 bridgehead atoms. The lowest BCUT2D eigenvalue weighted by Gasteiger charge is -2.12. The van der Waals surface area contributed by atoms with Crippen molar-refractivity contribution in [3.63, 3.8) is 0 Å². The third-order valence-corrected chi connectivity index (χ3v) is 3.81. The van der Waals surface area contributed by atoms with Gasteiger partial charge in [-0.25, -0.2) is 0 Å². The lowest BCUT2D eigenvalue weighted by molar-refractivity contribution is -0.394. The number of hydrogen-bond acceptors (Lipinski definition) is 8. The summed E-state index contributed by atoms with van der Waals surface area (Å²) >= 11 is 0. The molecule has 0 saturated heterocycles. The van der Waals surface area contributed by atoms with Crippen LogP contribution in [0.5, 0.6) is 0 Å². The Morgan fingerprint density at radius 1 is 1.04 bits per heavy atom. The fraction of sp³-hybridized carbons (Fsp3) is 0.471. The molecule has 0 aliphatic carbocycles. The lowest BCUT2D eigenvalue weighted by Crippen LogP contribution is -2.33. The first-order valence-electron chi connectivity index (χ1n) is 8.57. The Bertz CT molecular complexity index is 759. The number of Topliss-reactive ketones (excluding diaryl/α,β-unsaturated/α-hetero) is 1. The van der Waals surface area contributed by atoms with E-state index in [9.17, 15) is 34.6 Å². The summed E-state index contributed by atoms with van der Waals surface area (Å²) in [7, 11) is 0. The number of carbonyl (C=O) groups excluding carboxylic acids is 3. The first kappa shape index (κ1) is 22.8. The number of benzene rings is 1. The number of nitro benzene ring substituents is 2. The molecule has 0 aliphatic heterocycles. The Morgan fingerprint density at radius 3 is 2.04 bits per heavy atom. The molecule has 0 spiro atoms. The van der Waals surface area contributed by atoms with Crippen LogP contribution in [0.2, 0.25) is 0 Å². The molecule has 0 fully saturated rings. The smallest absolute Gasteiger partial charge is 0.277 e. The summed E-state index contributed by atoms with van der Waals surface area (Å²) in [6, 6.07) is 1.79. The van der Waals surface area contributed by atoms with Crippen molar-refractivity contribution >= 4 is 29.0 Å². The normalized spacial score (nSPS) is 11.7. The van der Waals surface area contributed by atoms with Gasteiger partial charge in [0, 0.05) is 25.0 Å². The number of rotatable bonds is 10. The minimum absolute atomic E-state index is 0.0811. The highest BCUT2D eigenvalue weighted by Crippen LogP contribution is 2.22. The summed E-state index contributed by atoms with van der Waals surface area (Å²) in [5.41, 5.74) is 4.09. The first-order chi connectivity index (χ1) is 13.0. The topological polar surface area (TPSA) is 176 Å². The predicted molar refractivity (Wildman–Crippen MR) is 98.5 cm³/mol. The van der Waals surface area contributed by atoms with Crippen LogP contribution in [-0.4, -0.2) is 33.5 Å². The molecule has 0 aliphatic rings. The lowest BCUT2D eigenvalue weighted by atomic mass is 9.98. The first-order valence-corrected chi connectivity index (χ1v) is 8.57. The number of nitrogens with one attached hydrogen (secondary N) is 1. The van der Waals surface area contributed by atoms with E-state index < -0.39 is 39.1 Å². The molecule has 1 aromatic rings. The molecular formula is C17H22N4O7. The quantitative estimate of drug-likeness (QED) is 0.446. The number of amides is 2. The van der Waals surface area contributed by atoms with E-state index in [-0.39, 0.29) is 36.5 Å². The number of carbonyl (C=O) groups is 3. The van der Waals surface area contributed by atoms with Crippen molar-refractivity contribution in [1.29, 1.82) is 0 Å². The van der Waals surface area contributed by atoms with Crippen LogP contribution in [0.4, 0.5) is 11.4 Å². The van der Waals surface area contributed by atoms with Crippen molar-refractivity contribution in [2.45, 2.75) is 45.6 Å². The number of hydrogen-bond donors (Lipinski definition) is 2. The second-order valence-corrected chi connectivity index (χ2v) is 6.69. The minimum atomic E-state index is -1.00. The molecule has 0 heterocycles. The highest BCUT2D eigenvalue weighted by molar-refractivity contribution is 6.05. The van der Waals surface area contributed by atoms with Crippen LogP contribution in [0, 0.1) is 26.1 Å². The Balaban J connectivity index is 2.65. The molecule has 0 aromatic heterocycles. The molecule has 11 heteroatoms. The van der Waals surface area contributed by atoms with Crippen LogP contribution in [-0.2, 0) is 9.59 Å². The van der Waals surface area contributed by atoms with Crippen molar-refractivity contribution in [2.75, 3.05) is 0 Å². The van der Waals surface area contributed by atoms with Crippen LogP contribution in [0.15, 0.2) is 18.2 Å². The van der Waals surface area contributed by atoms with E-state index in [1.165, 1.54) is 0 Å². The highest BCUT2D eigenvalue weighted by atomic mass is 16.6. The molecule has 1 rings (SSSR count). The van der Waals surface area contributed by atoms with E-state index in [2.05, 4.69) is 0 Å². The number of non-ortho nitro benzene ring substituents is 2. The summed E-state index contributed by atoms with van der Waals surface area (Å²) in [4.78, 5) is 55.7. The molecule has 0 saturated carbocycles. The average molecular weight is 394 g/mol. The number of ketones is 1. The van der Waals surface area contributed by atoms with E-state index in [1.54, 1.807) is 0 Å². The maximum Gasteiger partial charge on any atom is 0.277 e. The Hall–Kier alpha value is -3.21. The summed E-state index contributed by atoms with van der Waals surface area (Å²) in [6.45, 7) is 3.87. The second kappa shape index (κ2) is 10.2. The third-order valence-electron chi connectivity index (χ3n) is 3.81. The van der Waals surface area contributed by atoms with E-state index in [0.29, 0.717) is 12.5 Å². The molecule has 0 radical (unpaired) electrons. The number of nitrogens with two attached hydrogens (primary N) is 1. The van der Waals surface area contributed by atoms with Gasteiger partial charge in [0.25, 0.3) is 17.3 Å². The van der Waals surface area contributed by atoms with Crippen LogP contribution >= 0.6 is 0 Å². The van der Waals surface area contributed by atoms with Gasteiger partial charge in [0.1, 0.15) is 5.78 Å². The molecule has 152 valence electrons. The predicted octanol–water partition coefficient (Wildman–Crippen LogP) is 1.87. The third kappa shape index (κ3) is 7.19. The number of imide groups is 1. The summed E-state index contributed by atoms with van der Waals surface area (Å²) < 4.78 is 0. The monoisotopic (exact) mass is 394 g/mol. The van der Waals surface area contributed by atoms with Crippen molar-refractivity contribution in [3.8, 4) is 0 Å². The van der Waals surface area contributed by atoms with Gasteiger partial charge < -0.3 is 5.73 Å². The second-order valence-electron chi connectivity index (χ2n) is 6.69. The Morgan fingerprint density at radius 2 is 1.57 bits per heavy atom. The SMILES string of the molecule is CC(C)C[C@H](N)C(=O)CCCC(=O)NC(=O)c1cc([N+](=O)[O-])cc([N+](=O)[O-])c1. The van der Waals surface area contributed by atoms with Gasteiger partial charge in [-0.2, -0.15) is 0 Å². The fourth-order valence-corrected chi connectivity index (χ4v) is 2.45. The standard InChI is InChI=1S/C17H22N4O7/c1-10(2)6-14(18)15(22)4-3-5-16(23)19-17(24)11-7-12(20(25)26)9-13(8-11)21(27)28/h7-10,14H,3-6,18H2,1-2H3,(H,19,23,24)/t14-/m0/s1. The van der Waals surface area contributed by atoms with Gasteiger partial charge in [-0.1, -0.05) is 13.8 Å². The zero-order chi connectivity index (χ0) is 21.4. The van der Waals surface area contributed by atoms with E-state index in [4.69, 9.17) is 5.73 Å². The Labute approximate surface area is 160 Å². The zero-order valence-corrected chi connectivity index (χ0v) is 15.5. The van der Waals surface area contributed by atoms with Gasteiger partial charge in [-0.15, -0.1) is 0 Å². The van der Waals surface area contributed by atoms with Gasteiger partial charge >= 0.3 is 0 Å². The van der Waals surface area contributed by atoms with Gasteiger partial charge in [0.05, 0.1) is 27.5 Å². The van der Waals surface area contributed by atoms with Crippen LogP contribution in [0.25, 0.3) is 0 Å². The van der Waals surface area contributed by atoms with Gasteiger partial charge in [0.15, 0.2) is 0 Å². The van der Waals surface area contributed by atoms with E-state index >= 15 is 0 Å². The largest absolute Gasteiger partial charge is 0.322 e. The molecule has 1 aromatic carbocycles. The van der Waals surface area contributed by atoms with Crippen LogP contribution < -0.4 is 11.1 Å². The fourth-order valence-electron chi connectivity index (χ4n) is 2.45. The van der Waals surface area contributed by atoms with Crippen LogP contribution in [0.1, 0.15) is 49.9 Å². The zero-order valence-electron chi connectivity index (χ0n) is 15.5. The van der Waals surface area contributed by atoms with Crippen molar-refractivity contribution in [3.05, 3.63) is 44.0 Å². The maximum absolute atomic E-state index is 12.1. The minimum Gasteiger partial charge on any atom is -0.322 e.